The lowest BCUT2D eigenvalue weighted by Crippen LogP contribution is -2.50. The highest BCUT2D eigenvalue weighted by atomic mass is 32.1. The van der Waals surface area contributed by atoms with E-state index in [0.29, 0.717) is 27.8 Å². The van der Waals surface area contributed by atoms with E-state index in [0.717, 1.165) is 16.2 Å². The number of esters is 1. The maximum absolute atomic E-state index is 15.9. The van der Waals surface area contributed by atoms with Gasteiger partial charge < -0.3 is 43.5 Å². The zero-order valence-electron chi connectivity index (χ0n) is 36.1. The van der Waals surface area contributed by atoms with E-state index >= 15 is 8.78 Å². The van der Waals surface area contributed by atoms with Crippen molar-refractivity contribution in [3.63, 3.8) is 0 Å². The molecule has 5 rings (SSSR count). The number of carboxylic acids is 1. The largest absolute Gasteiger partial charge is 0.493 e. The molecule has 1 fully saturated rings. The van der Waals surface area contributed by atoms with Crippen LogP contribution in [0.1, 0.15) is 74.0 Å². The number of carbonyl (C=O) groups is 7. The fraction of sp³-hybridized carbons (Fsp3) is 0.500. The Labute approximate surface area is 361 Å². The van der Waals surface area contributed by atoms with Gasteiger partial charge in [0.2, 0.25) is 23.6 Å². The van der Waals surface area contributed by atoms with Gasteiger partial charge in [0.05, 0.1) is 72.3 Å². The molecule has 2 N–H and O–H groups in total. The van der Waals surface area contributed by atoms with E-state index in [1.165, 1.54) is 31.3 Å². The molecular weight excluding hydrogens is 839 g/mol. The summed E-state index contributed by atoms with van der Waals surface area (Å²) in [5.41, 5.74) is 0.757. The number of hydrogen-bond acceptors (Lipinski definition) is 13. The summed E-state index contributed by atoms with van der Waals surface area (Å²) in [6.07, 6.45) is -2.74. The van der Waals surface area contributed by atoms with Gasteiger partial charge >= 0.3 is 11.9 Å². The molecule has 0 radical (unpaired) electrons. The predicted octanol–water partition coefficient (Wildman–Crippen LogP) is 3.99. The molecule has 336 valence electrons. The Bertz CT molecular complexity index is 2270. The fourth-order valence-corrected chi connectivity index (χ4v) is 8.11. The smallest absolute Gasteiger partial charge is 0.306 e. The second-order valence-electron chi connectivity index (χ2n) is 15.4. The number of quaternary nitrogens is 1. The van der Waals surface area contributed by atoms with E-state index in [1.54, 1.807) is 13.0 Å². The number of nitrogens with one attached hydrogen (secondary N) is 1. The van der Waals surface area contributed by atoms with Gasteiger partial charge in [0.15, 0.2) is 40.4 Å². The number of imide groups is 1. The SMILES string of the molecule is [3H]C1CC(=O)N(CC(=O)NCC[N+](C)(C)C[C@H](C)OC(=O)CCC(=O)c2cc3c(F)c(OCCCOc4c(OC)cc5c(c4F)CN(C(=O)CCC(=O)O)C5)c(OC)cc3s2)C1=O. The maximum atomic E-state index is 15.9. The van der Waals surface area contributed by atoms with Crippen LogP contribution in [0.15, 0.2) is 18.2 Å². The Morgan fingerprint density at radius 3 is 2.26 bits per heavy atom. The number of aliphatic carboxylic acids is 1. The molecule has 1 saturated heterocycles. The van der Waals surface area contributed by atoms with Crippen molar-refractivity contribution in [2.45, 2.75) is 71.0 Å². The first kappa shape index (κ1) is 45.6. The van der Waals surface area contributed by atoms with E-state index in [9.17, 15) is 33.6 Å². The standard InChI is InChI=1S/C42H50F2N4O13S/c1-24(23-48(2,3)14-13-45-33(50)22-47-35(52)8-9-36(47)53)61-38(56)12-7-28(49)32-18-26-31(62-32)19-30(58-5)42(39(26)43)60-16-6-15-59-41-29(57-4)17-25-20-46(21-27(25)40(41)44)34(51)10-11-37(54)55/h17-19,24H,6-16,20-23H2,1-5H3,(H-,45,50,54,55)/p+1/t24-/m0/s1/i8T/t8?,24-. The third-order valence-electron chi connectivity index (χ3n) is 10.2. The molecule has 4 amide bonds. The first-order chi connectivity index (χ1) is 29.8. The topological polar surface area (TPSA) is 204 Å². The van der Waals surface area contributed by atoms with Crippen molar-refractivity contribution in [1.29, 1.82) is 0 Å². The summed E-state index contributed by atoms with van der Waals surface area (Å²) in [6.45, 7) is 2.21. The number of benzene rings is 2. The summed E-state index contributed by atoms with van der Waals surface area (Å²) in [6, 6.07) is 4.49. The number of carbonyl (C=O) groups excluding carboxylic acids is 6. The van der Waals surface area contributed by atoms with Gasteiger partial charge in [-0.05, 0) is 24.6 Å². The van der Waals surface area contributed by atoms with Crippen LogP contribution in [-0.4, -0.2) is 135 Å². The normalized spacial score (nSPS) is 15.6. The van der Waals surface area contributed by atoms with Crippen molar-refractivity contribution >= 4 is 62.8 Å². The Morgan fingerprint density at radius 2 is 1.61 bits per heavy atom. The Kier molecular flexibility index (Phi) is 15.3. The van der Waals surface area contributed by atoms with Crippen LogP contribution >= 0.6 is 11.3 Å². The van der Waals surface area contributed by atoms with Crippen LogP contribution in [0.3, 0.4) is 0 Å². The minimum absolute atomic E-state index is 0.0495. The van der Waals surface area contributed by atoms with Gasteiger partial charge in [0, 0.05) is 68.3 Å². The minimum atomic E-state index is -1.18. The highest BCUT2D eigenvalue weighted by Gasteiger charge is 2.32. The number of halogens is 2. The van der Waals surface area contributed by atoms with Gasteiger partial charge in [-0.1, -0.05) is 0 Å². The number of methoxy groups -OCH3 is 2. The number of thiophene rings is 1. The second-order valence-corrected chi connectivity index (χ2v) is 16.5. The van der Waals surface area contributed by atoms with Gasteiger partial charge in [-0.15, -0.1) is 11.3 Å². The first-order valence-electron chi connectivity index (χ1n) is 20.4. The van der Waals surface area contributed by atoms with Crippen LogP contribution < -0.4 is 24.3 Å². The minimum Gasteiger partial charge on any atom is -0.493 e. The first-order valence-corrected chi connectivity index (χ1v) is 20.6. The van der Waals surface area contributed by atoms with E-state index in [-0.39, 0.29) is 110 Å². The van der Waals surface area contributed by atoms with E-state index < -0.39 is 72.0 Å². The van der Waals surface area contributed by atoms with Gasteiger partial charge in [-0.25, -0.2) is 8.78 Å². The van der Waals surface area contributed by atoms with Crippen molar-refractivity contribution in [3.8, 4) is 23.0 Å². The summed E-state index contributed by atoms with van der Waals surface area (Å²) in [5.74, 6) is -5.95. The number of fused-ring (bicyclic) bond motifs is 2. The highest BCUT2D eigenvalue weighted by molar-refractivity contribution is 7.20. The molecule has 2 aliphatic rings. The summed E-state index contributed by atoms with van der Waals surface area (Å²) in [4.78, 5) is 87.6. The van der Waals surface area contributed by atoms with Crippen molar-refractivity contribution in [3.05, 3.63) is 45.8 Å². The van der Waals surface area contributed by atoms with Crippen LogP contribution in [0.25, 0.3) is 10.1 Å². The monoisotopic (exact) mass is 891 g/mol. The van der Waals surface area contributed by atoms with Crippen LogP contribution in [0.4, 0.5) is 8.78 Å². The van der Waals surface area contributed by atoms with Crippen LogP contribution in [-0.2, 0) is 46.6 Å². The van der Waals surface area contributed by atoms with Crippen LogP contribution in [0, 0.1) is 11.6 Å². The highest BCUT2D eigenvalue weighted by Crippen LogP contribution is 2.41. The van der Waals surface area contributed by atoms with Gasteiger partial charge in [0.25, 0.3) is 0 Å². The van der Waals surface area contributed by atoms with E-state index in [4.69, 9.17) is 30.2 Å². The molecule has 1 aromatic heterocycles. The van der Waals surface area contributed by atoms with Gasteiger partial charge in [-0.3, -0.25) is 38.5 Å². The number of likely N-dealkylation sites (tertiary alicyclic amines) is 1. The number of carboxylic acid groups (broad SMARTS) is 1. The third kappa shape index (κ3) is 11.9. The summed E-state index contributed by atoms with van der Waals surface area (Å²) in [5, 5.41) is 11.7. The van der Waals surface area contributed by atoms with Crippen LogP contribution in [0.2, 0.25) is 0 Å². The quantitative estimate of drug-likeness (QED) is 0.0455. The summed E-state index contributed by atoms with van der Waals surface area (Å²) >= 11 is 1.03. The van der Waals surface area contributed by atoms with E-state index in [2.05, 4.69) is 5.32 Å². The lowest BCUT2D eigenvalue weighted by molar-refractivity contribution is -0.891. The number of likely N-dealkylation sites (N-methyl/N-ethyl adjacent to an activating group) is 1. The molecule has 17 nitrogen and oxygen atoms in total. The van der Waals surface area contributed by atoms with Gasteiger partial charge in [0.1, 0.15) is 19.2 Å². The molecule has 0 aliphatic carbocycles. The number of Topliss-reactive ketones (excluding diaryl/α,β-unsaturated/α-hetero) is 1. The zero-order valence-corrected chi connectivity index (χ0v) is 36.0. The van der Waals surface area contributed by atoms with Gasteiger partial charge in [-0.2, -0.15) is 0 Å². The number of hydrogen-bond donors (Lipinski definition) is 2. The molecule has 2 aromatic carbocycles. The molecule has 2 atom stereocenters. The van der Waals surface area contributed by atoms with Crippen molar-refractivity contribution in [2.24, 2.45) is 0 Å². The Balaban J connectivity index is 1.07. The van der Waals surface area contributed by atoms with Crippen molar-refractivity contribution in [2.75, 3.05) is 67.7 Å². The predicted molar refractivity (Wildman–Crippen MR) is 218 cm³/mol. The number of amides is 4. The molecule has 0 saturated carbocycles. The van der Waals surface area contributed by atoms with Crippen LogP contribution in [0.5, 0.6) is 23.0 Å². The number of nitrogens with zero attached hydrogens (tertiary/aromatic N) is 3. The molecule has 0 spiro atoms. The summed E-state index contributed by atoms with van der Waals surface area (Å²) in [7, 11) is 6.42. The third-order valence-corrected chi connectivity index (χ3v) is 11.3. The van der Waals surface area contributed by atoms with Crippen molar-refractivity contribution < 1.29 is 77.0 Å². The number of ether oxygens (including phenoxy) is 5. The summed E-state index contributed by atoms with van der Waals surface area (Å²) < 4.78 is 67.5. The fourth-order valence-electron chi connectivity index (χ4n) is 7.05. The Hall–Kier alpha value is -5.89. The molecule has 3 heterocycles. The molecule has 1 unspecified atom stereocenters. The number of rotatable bonds is 23. The molecule has 2 aliphatic heterocycles. The lowest BCUT2D eigenvalue weighted by atomic mass is 10.1. The molecule has 62 heavy (non-hydrogen) atoms. The maximum Gasteiger partial charge on any atom is 0.306 e. The molecule has 3 aromatic rings. The number of ketones is 1. The Morgan fingerprint density at radius 1 is 0.935 bits per heavy atom. The molecule has 0 bridgehead atoms. The van der Waals surface area contributed by atoms with Crippen molar-refractivity contribution in [1.82, 2.24) is 15.1 Å². The zero-order chi connectivity index (χ0) is 46.2. The van der Waals surface area contributed by atoms with E-state index in [1.807, 2.05) is 14.1 Å². The lowest BCUT2D eigenvalue weighted by Gasteiger charge is -2.32. The average Bonchev–Trinajstić information content (AvgIpc) is 3.92. The second kappa shape index (κ2) is 20.8. The molecular formula is C42H51F2N4O13S+. The molecule has 20 heteroatoms. The average molecular weight is 892 g/mol.